The highest BCUT2D eigenvalue weighted by atomic mass is 79.9. The molecule has 158 valence electrons. The lowest BCUT2D eigenvalue weighted by Crippen LogP contribution is -2.08. The van der Waals surface area contributed by atoms with Gasteiger partial charge in [0.15, 0.2) is 0 Å². The summed E-state index contributed by atoms with van der Waals surface area (Å²) in [5, 5.41) is 1.50. The number of para-hydroxylation sites is 1. The van der Waals surface area contributed by atoms with Crippen LogP contribution < -0.4 is 14.9 Å². The van der Waals surface area contributed by atoms with Crippen molar-refractivity contribution < 1.29 is 23.1 Å². The molecule has 0 aliphatic heterocycles. The summed E-state index contributed by atoms with van der Waals surface area (Å²) in [6.07, 6.45) is 1.22. The fraction of sp³-hybridized carbons (Fsp3) is 0. The van der Waals surface area contributed by atoms with Gasteiger partial charge >= 0.3 is 5.97 Å². The highest BCUT2D eigenvalue weighted by Gasteiger charge is 2.17. The zero-order chi connectivity index (χ0) is 22.2. The highest BCUT2D eigenvalue weighted by Crippen LogP contribution is 2.30. The van der Waals surface area contributed by atoms with E-state index < -0.39 is 5.97 Å². The Labute approximate surface area is 194 Å². The van der Waals surface area contributed by atoms with Gasteiger partial charge in [0, 0.05) is 16.5 Å². The minimum atomic E-state index is -0.687. The Morgan fingerprint density at radius 3 is 2.62 bits per heavy atom. The number of fused-ring (bicyclic) bond motifs is 2. The Morgan fingerprint density at radius 1 is 0.938 bits per heavy atom. The maximum Gasteiger partial charge on any atom is 0.379 e. The third-order valence-electron chi connectivity index (χ3n) is 4.66. The second-order valence-electron chi connectivity index (χ2n) is 6.80. The van der Waals surface area contributed by atoms with Gasteiger partial charge in [-0.15, -0.1) is 0 Å². The molecule has 0 atom stereocenters. The molecule has 0 aliphatic rings. The van der Waals surface area contributed by atoms with E-state index in [9.17, 15) is 9.59 Å². The molecule has 0 N–H and O–H groups in total. The number of carbonyl (C=O) groups is 1. The van der Waals surface area contributed by atoms with E-state index in [-0.39, 0.29) is 33.7 Å². The van der Waals surface area contributed by atoms with Crippen molar-refractivity contribution in [3.8, 4) is 17.2 Å². The van der Waals surface area contributed by atoms with Gasteiger partial charge in [-0.1, -0.05) is 23.7 Å². The lowest BCUT2D eigenvalue weighted by atomic mass is 10.2. The van der Waals surface area contributed by atoms with E-state index in [2.05, 4.69) is 15.9 Å². The number of rotatable bonds is 4. The van der Waals surface area contributed by atoms with Gasteiger partial charge in [-0.2, -0.15) is 0 Å². The Balaban J connectivity index is 1.41. The normalized spacial score (nSPS) is 11.1. The molecule has 0 amide bonds. The molecule has 6 nitrogen and oxygen atoms in total. The lowest BCUT2D eigenvalue weighted by molar-refractivity contribution is 0.0704. The molecule has 32 heavy (non-hydrogen) atoms. The first-order valence-electron chi connectivity index (χ1n) is 9.37. The molecule has 0 saturated carbocycles. The van der Waals surface area contributed by atoms with Gasteiger partial charge < -0.3 is 18.3 Å². The first kappa shape index (κ1) is 20.4. The monoisotopic (exact) mass is 510 g/mol. The van der Waals surface area contributed by atoms with Crippen LogP contribution in [0.3, 0.4) is 0 Å². The van der Waals surface area contributed by atoms with E-state index in [1.54, 1.807) is 42.5 Å². The zero-order valence-electron chi connectivity index (χ0n) is 16.1. The van der Waals surface area contributed by atoms with Gasteiger partial charge in [0.1, 0.15) is 28.9 Å². The third kappa shape index (κ3) is 3.88. The van der Waals surface area contributed by atoms with Crippen molar-refractivity contribution in [1.29, 1.82) is 0 Å². The van der Waals surface area contributed by atoms with Crippen molar-refractivity contribution in [1.82, 2.24) is 0 Å². The molecule has 0 radical (unpaired) electrons. The first-order chi connectivity index (χ1) is 15.5. The Bertz CT molecular complexity index is 1550. The molecule has 2 aromatic heterocycles. The largest absolute Gasteiger partial charge is 0.460 e. The van der Waals surface area contributed by atoms with Crippen LogP contribution in [0.4, 0.5) is 0 Å². The summed E-state index contributed by atoms with van der Waals surface area (Å²) in [5.74, 6) is 0.0596. The van der Waals surface area contributed by atoms with Gasteiger partial charge in [-0.05, 0) is 64.5 Å². The number of ether oxygens (including phenoxy) is 2. The third-order valence-corrected chi connectivity index (χ3v) is 5.55. The van der Waals surface area contributed by atoms with Crippen LogP contribution in [0, 0.1) is 0 Å². The lowest BCUT2D eigenvalue weighted by Gasteiger charge is -2.08. The van der Waals surface area contributed by atoms with Gasteiger partial charge in [-0.25, -0.2) is 4.79 Å². The summed E-state index contributed by atoms with van der Waals surface area (Å²) >= 11 is 9.34. The number of carbonyl (C=O) groups excluding carboxylic acids is 1. The Hall–Kier alpha value is -3.55. The van der Waals surface area contributed by atoms with Gasteiger partial charge in [0.2, 0.25) is 16.9 Å². The molecule has 2 heterocycles. The molecule has 0 aliphatic carbocycles. The fourth-order valence-corrected chi connectivity index (χ4v) is 3.69. The zero-order valence-corrected chi connectivity index (χ0v) is 18.5. The van der Waals surface area contributed by atoms with E-state index in [0.29, 0.717) is 26.2 Å². The van der Waals surface area contributed by atoms with Crippen LogP contribution in [0.1, 0.15) is 10.6 Å². The van der Waals surface area contributed by atoms with E-state index in [0.717, 1.165) is 0 Å². The summed E-state index contributed by atoms with van der Waals surface area (Å²) in [7, 11) is 0. The van der Waals surface area contributed by atoms with Crippen molar-refractivity contribution in [2.45, 2.75) is 0 Å². The van der Waals surface area contributed by atoms with Gasteiger partial charge in [-0.3, -0.25) is 4.79 Å². The SMILES string of the molecule is O=C(Oc1ccc2c(=O)c(Oc3ccccc3Br)coc2c1)c1cc2cc(Cl)ccc2o1. The standard InChI is InChI=1S/C24H12BrClO6/c25-17-3-1-2-4-19(17)32-22-12-29-20-11-15(6-7-16(20)23(22)27)30-24(28)21-10-13-9-14(26)5-8-18(13)31-21/h1-12H. The minimum absolute atomic E-state index is 0.0287. The first-order valence-corrected chi connectivity index (χ1v) is 10.5. The van der Waals surface area contributed by atoms with Crippen molar-refractivity contribution in [2.24, 2.45) is 0 Å². The van der Waals surface area contributed by atoms with E-state index >= 15 is 0 Å². The summed E-state index contributed by atoms with van der Waals surface area (Å²) in [5.41, 5.74) is 0.411. The Morgan fingerprint density at radius 2 is 1.78 bits per heavy atom. The molecular formula is C24H12BrClO6. The maximum atomic E-state index is 12.8. The summed E-state index contributed by atoms with van der Waals surface area (Å²) in [6.45, 7) is 0. The minimum Gasteiger partial charge on any atom is -0.460 e. The van der Waals surface area contributed by atoms with Crippen molar-refractivity contribution in [3.05, 3.63) is 98.5 Å². The van der Waals surface area contributed by atoms with Crippen molar-refractivity contribution >= 4 is 55.4 Å². The fourth-order valence-electron chi connectivity index (χ4n) is 3.14. The average Bonchev–Trinajstić information content (AvgIpc) is 3.20. The van der Waals surface area contributed by atoms with Crippen LogP contribution in [-0.4, -0.2) is 5.97 Å². The molecule has 0 spiro atoms. The van der Waals surface area contributed by atoms with E-state index in [1.165, 1.54) is 24.5 Å². The molecule has 5 rings (SSSR count). The number of halogens is 2. The molecule has 3 aromatic carbocycles. The van der Waals surface area contributed by atoms with Crippen molar-refractivity contribution in [3.63, 3.8) is 0 Å². The summed E-state index contributed by atoms with van der Waals surface area (Å²) in [4.78, 5) is 25.3. The summed E-state index contributed by atoms with van der Waals surface area (Å²) < 4.78 is 22.8. The van der Waals surface area contributed by atoms with Crippen LogP contribution in [0.5, 0.6) is 17.2 Å². The van der Waals surface area contributed by atoms with Crippen LogP contribution in [0.15, 0.2) is 91.1 Å². The maximum absolute atomic E-state index is 12.8. The van der Waals surface area contributed by atoms with Crippen LogP contribution in [-0.2, 0) is 0 Å². The van der Waals surface area contributed by atoms with Gasteiger partial charge in [0.05, 0.1) is 9.86 Å². The predicted octanol–water partition coefficient (Wildman–Crippen LogP) is 6.97. The second-order valence-corrected chi connectivity index (χ2v) is 8.09. The number of hydrogen-bond donors (Lipinski definition) is 0. The van der Waals surface area contributed by atoms with Crippen LogP contribution in [0.25, 0.3) is 21.9 Å². The average molecular weight is 512 g/mol. The van der Waals surface area contributed by atoms with Gasteiger partial charge in [0.25, 0.3) is 0 Å². The number of esters is 1. The molecule has 0 bridgehead atoms. The molecular weight excluding hydrogens is 500 g/mol. The molecule has 8 heteroatoms. The number of furan rings is 1. The van der Waals surface area contributed by atoms with Crippen LogP contribution in [0.2, 0.25) is 5.02 Å². The van der Waals surface area contributed by atoms with Crippen LogP contribution >= 0.6 is 27.5 Å². The smallest absolute Gasteiger partial charge is 0.379 e. The number of benzene rings is 3. The topological polar surface area (TPSA) is 78.9 Å². The number of hydrogen-bond acceptors (Lipinski definition) is 6. The molecule has 0 unspecified atom stereocenters. The second kappa shape index (κ2) is 8.18. The Kier molecular flexibility index (Phi) is 5.20. The molecule has 0 saturated heterocycles. The predicted molar refractivity (Wildman–Crippen MR) is 123 cm³/mol. The van der Waals surface area contributed by atoms with E-state index in [4.69, 9.17) is 29.9 Å². The summed E-state index contributed by atoms with van der Waals surface area (Å²) in [6, 6.07) is 18.2. The van der Waals surface area contributed by atoms with Crippen molar-refractivity contribution in [2.75, 3.05) is 0 Å². The van der Waals surface area contributed by atoms with E-state index in [1.807, 2.05) is 6.07 Å². The highest BCUT2D eigenvalue weighted by molar-refractivity contribution is 9.10. The quantitative estimate of drug-likeness (QED) is 0.192. The molecule has 0 fully saturated rings. The molecule has 5 aromatic rings.